The van der Waals surface area contributed by atoms with Crippen LogP contribution in [-0.4, -0.2) is 9.39 Å². The monoisotopic (exact) mass is 324 g/mol. The Bertz CT molecular complexity index is 344. The first-order valence-corrected chi connectivity index (χ1v) is 5.17. The first kappa shape index (κ1) is 10.9. The van der Waals surface area contributed by atoms with Gasteiger partial charge in [0.1, 0.15) is 0 Å². The Hall–Kier alpha value is -0.190. The summed E-state index contributed by atoms with van der Waals surface area (Å²) in [5, 5.41) is 0.355. The molecule has 0 spiro atoms. The predicted octanol–water partition coefficient (Wildman–Crippen LogP) is 3.41. The van der Waals surface area contributed by atoms with Crippen LogP contribution >= 0.6 is 43.5 Å². The molecule has 0 fully saturated rings. The minimum Gasteiger partial charge on any atom is -0.281 e. The van der Waals surface area contributed by atoms with E-state index in [9.17, 15) is 9.59 Å². The third-order valence-electron chi connectivity index (χ3n) is 1.35. The van der Waals surface area contributed by atoms with Gasteiger partial charge in [0.25, 0.3) is 0 Å². The molecule has 1 aromatic rings. The fraction of sp³-hybridized carbons (Fsp3) is 0. The molecule has 0 heterocycles. The molecule has 0 radical (unpaired) electrons. The molecule has 0 saturated heterocycles. The van der Waals surface area contributed by atoms with Crippen molar-refractivity contribution in [2.24, 2.45) is 0 Å². The fourth-order valence-electron chi connectivity index (χ4n) is 0.817. The minimum atomic E-state index is -0.301. The summed E-state index contributed by atoms with van der Waals surface area (Å²) >= 11 is 11.2. The van der Waals surface area contributed by atoms with Crippen molar-refractivity contribution >= 4 is 52.8 Å². The average molecular weight is 326 g/mol. The number of carbonyl (C=O) groups is 2. The molecule has 5 heteroatoms. The van der Waals surface area contributed by atoms with Crippen LogP contribution in [-0.2, 0) is 0 Å². The molecule has 1 aromatic carbocycles. The Morgan fingerprint density at radius 3 is 1.69 bits per heavy atom. The number of carbonyl (C=O) groups excluding carboxylic acids is 2. The van der Waals surface area contributed by atoms with E-state index in [4.69, 9.17) is 11.6 Å². The van der Waals surface area contributed by atoms with Crippen molar-refractivity contribution in [2.75, 3.05) is 0 Å². The lowest BCUT2D eigenvalue weighted by Crippen LogP contribution is -1.94. The zero-order valence-corrected chi connectivity index (χ0v) is 10.1. The van der Waals surface area contributed by atoms with E-state index in [2.05, 4.69) is 31.9 Å². The normalized spacial score (nSPS) is 9.77. The molecule has 0 amide bonds. The number of halogens is 3. The van der Waals surface area contributed by atoms with Gasteiger partial charge in [0.15, 0.2) is 0 Å². The quantitative estimate of drug-likeness (QED) is 0.781. The van der Waals surface area contributed by atoms with Crippen LogP contribution in [0.4, 0.5) is 0 Å². The van der Waals surface area contributed by atoms with Gasteiger partial charge < -0.3 is 0 Å². The third-order valence-corrected chi connectivity index (χ3v) is 2.49. The summed E-state index contributed by atoms with van der Waals surface area (Å²) in [6.45, 7) is 0. The summed E-state index contributed by atoms with van der Waals surface area (Å²) in [5.74, 6) is 0. The molecule has 0 aromatic heterocycles. The van der Waals surface area contributed by atoms with Crippen LogP contribution in [0, 0.1) is 0 Å². The van der Waals surface area contributed by atoms with Gasteiger partial charge in [-0.3, -0.25) is 9.59 Å². The van der Waals surface area contributed by atoms with E-state index in [1.165, 1.54) is 18.2 Å². The molecule has 0 aliphatic rings. The highest BCUT2D eigenvalue weighted by Crippen LogP contribution is 2.18. The zero-order chi connectivity index (χ0) is 10.0. The lowest BCUT2D eigenvalue weighted by atomic mass is 10.1. The Labute approximate surface area is 96.5 Å². The van der Waals surface area contributed by atoms with Gasteiger partial charge in [-0.05, 0) is 50.1 Å². The number of hydrogen-bond acceptors (Lipinski definition) is 2. The van der Waals surface area contributed by atoms with Gasteiger partial charge in [-0.1, -0.05) is 11.6 Å². The van der Waals surface area contributed by atoms with Crippen molar-refractivity contribution in [3.63, 3.8) is 0 Å². The van der Waals surface area contributed by atoms with Crippen molar-refractivity contribution in [2.45, 2.75) is 0 Å². The molecular weight excluding hydrogens is 323 g/mol. The smallest absolute Gasteiger partial charge is 0.228 e. The standard InChI is InChI=1S/C8H3Br2ClO2/c9-7(12)4-1-5(8(10)13)3-6(11)2-4/h1-3H. The van der Waals surface area contributed by atoms with Crippen molar-refractivity contribution in [3.05, 3.63) is 34.3 Å². The summed E-state index contributed by atoms with van der Waals surface area (Å²) in [4.78, 5) is 21.8. The highest BCUT2D eigenvalue weighted by molar-refractivity contribution is 9.18. The van der Waals surface area contributed by atoms with Crippen LogP contribution in [0.1, 0.15) is 20.7 Å². The average Bonchev–Trinajstić information content (AvgIpc) is 2.03. The third kappa shape index (κ3) is 2.90. The second-order valence-corrected chi connectivity index (χ2v) is 4.15. The van der Waals surface area contributed by atoms with Crippen LogP contribution in [0.25, 0.3) is 0 Å². The number of hydrogen-bond donors (Lipinski definition) is 0. The molecule has 0 aliphatic heterocycles. The zero-order valence-electron chi connectivity index (χ0n) is 6.18. The maximum Gasteiger partial charge on any atom is 0.228 e. The number of rotatable bonds is 2. The molecule has 1 rings (SSSR count). The Morgan fingerprint density at radius 1 is 1.00 bits per heavy atom. The molecule has 2 nitrogen and oxygen atoms in total. The van der Waals surface area contributed by atoms with E-state index < -0.39 is 0 Å². The van der Waals surface area contributed by atoms with Crippen LogP contribution in [0.5, 0.6) is 0 Å². The molecule has 0 atom stereocenters. The fourth-order valence-corrected chi connectivity index (χ4v) is 1.51. The maximum atomic E-state index is 10.9. The summed E-state index contributed by atoms with van der Waals surface area (Å²) in [5.41, 5.74) is 0.714. The molecular formula is C8H3Br2ClO2. The first-order valence-electron chi connectivity index (χ1n) is 3.21. The van der Waals surface area contributed by atoms with E-state index in [0.29, 0.717) is 16.1 Å². The van der Waals surface area contributed by atoms with Gasteiger partial charge >= 0.3 is 0 Å². The maximum absolute atomic E-state index is 10.9. The van der Waals surface area contributed by atoms with E-state index >= 15 is 0 Å². The van der Waals surface area contributed by atoms with Crippen molar-refractivity contribution in [1.29, 1.82) is 0 Å². The van der Waals surface area contributed by atoms with Crippen LogP contribution in [0.3, 0.4) is 0 Å². The lowest BCUT2D eigenvalue weighted by molar-refractivity contribution is 0.109. The highest BCUT2D eigenvalue weighted by Gasteiger charge is 2.08. The summed E-state index contributed by atoms with van der Waals surface area (Å²) in [6, 6.07) is 4.43. The van der Waals surface area contributed by atoms with Crippen LogP contribution in [0.15, 0.2) is 18.2 Å². The molecule has 0 saturated carbocycles. The van der Waals surface area contributed by atoms with Gasteiger partial charge in [0.2, 0.25) is 9.39 Å². The Balaban J connectivity index is 3.26. The van der Waals surface area contributed by atoms with E-state index in [-0.39, 0.29) is 9.39 Å². The molecule has 0 aliphatic carbocycles. The number of benzene rings is 1. The van der Waals surface area contributed by atoms with Gasteiger partial charge in [0, 0.05) is 16.1 Å². The summed E-state index contributed by atoms with van der Waals surface area (Å²) in [6.07, 6.45) is 0. The molecule has 0 unspecified atom stereocenters. The Kier molecular flexibility index (Phi) is 3.64. The second kappa shape index (κ2) is 4.35. The van der Waals surface area contributed by atoms with Crippen molar-refractivity contribution < 1.29 is 9.59 Å². The highest BCUT2D eigenvalue weighted by atomic mass is 79.9. The molecule has 13 heavy (non-hydrogen) atoms. The van der Waals surface area contributed by atoms with E-state index in [1.807, 2.05) is 0 Å². The Morgan fingerprint density at radius 2 is 1.38 bits per heavy atom. The van der Waals surface area contributed by atoms with Gasteiger partial charge in [-0.15, -0.1) is 0 Å². The second-order valence-electron chi connectivity index (χ2n) is 2.28. The minimum absolute atomic E-state index is 0.301. The SMILES string of the molecule is O=C(Br)c1cc(Cl)cc(C(=O)Br)c1. The van der Waals surface area contributed by atoms with Crippen molar-refractivity contribution in [3.8, 4) is 0 Å². The van der Waals surface area contributed by atoms with Crippen molar-refractivity contribution in [1.82, 2.24) is 0 Å². The van der Waals surface area contributed by atoms with Gasteiger partial charge in [-0.2, -0.15) is 0 Å². The van der Waals surface area contributed by atoms with E-state index in [0.717, 1.165) is 0 Å². The van der Waals surface area contributed by atoms with Crippen LogP contribution in [0.2, 0.25) is 5.02 Å². The topological polar surface area (TPSA) is 34.1 Å². The molecule has 0 N–H and O–H groups in total. The first-order chi connectivity index (χ1) is 6.00. The predicted molar refractivity (Wildman–Crippen MR) is 58.0 cm³/mol. The van der Waals surface area contributed by atoms with Gasteiger partial charge in [-0.25, -0.2) is 0 Å². The molecule has 0 bridgehead atoms. The molecule has 68 valence electrons. The van der Waals surface area contributed by atoms with E-state index in [1.54, 1.807) is 0 Å². The van der Waals surface area contributed by atoms with Gasteiger partial charge in [0.05, 0.1) is 0 Å². The summed E-state index contributed by atoms with van der Waals surface area (Å²) < 4.78 is -0.602. The summed E-state index contributed by atoms with van der Waals surface area (Å²) in [7, 11) is 0. The van der Waals surface area contributed by atoms with Crippen LogP contribution < -0.4 is 0 Å². The lowest BCUT2D eigenvalue weighted by Gasteiger charge is -1.98. The largest absolute Gasteiger partial charge is 0.281 e.